The lowest BCUT2D eigenvalue weighted by Gasteiger charge is -2.16. The summed E-state index contributed by atoms with van der Waals surface area (Å²) < 4.78 is 8.11. The van der Waals surface area contributed by atoms with E-state index in [2.05, 4.69) is 31.0 Å². The molecule has 110 valence electrons. The smallest absolute Gasteiger partial charge is 0.316 e. The van der Waals surface area contributed by atoms with Crippen molar-refractivity contribution in [3.05, 3.63) is 35.3 Å². The fraction of sp³-hybridized carbons (Fsp3) is 0.385. The van der Waals surface area contributed by atoms with Crippen molar-refractivity contribution in [3.63, 3.8) is 0 Å². The number of rotatable bonds is 4. The van der Waals surface area contributed by atoms with Crippen molar-refractivity contribution in [3.8, 4) is 6.01 Å². The minimum Gasteiger partial charge on any atom is -0.458 e. The predicted molar refractivity (Wildman–Crippen MR) is 77.6 cm³/mol. The van der Waals surface area contributed by atoms with Gasteiger partial charge in [0.2, 0.25) is 5.91 Å². The van der Waals surface area contributed by atoms with Gasteiger partial charge in [-0.2, -0.15) is 5.10 Å². The Morgan fingerprint density at radius 3 is 2.95 bits per heavy atom. The van der Waals surface area contributed by atoms with Crippen LogP contribution in [0.25, 0.3) is 0 Å². The number of hydrogen-bond acceptors (Lipinski definition) is 5. The summed E-state index contributed by atoms with van der Waals surface area (Å²) in [7, 11) is 0. The molecule has 0 spiro atoms. The van der Waals surface area contributed by atoms with Gasteiger partial charge >= 0.3 is 6.01 Å². The summed E-state index contributed by atoms with van der Waals surface area (Å²) in [5.41, 5.74) is 0. The first kappa shape index (κ1) is 14.0. The highest BCUT2D eigenvalue weighted by Crippen LogP contribution is 2.16. The Balaban J connectivity index is 1.53. The first-order chi connectivity index (χ1) is 10.2. The maximum Gasteiger partial charge on any atom is 0.316 e. The Morgan fingerprint density at radius 1 is 1.43 bits per heavy atom. The fourth-order valence-corrected chi connectivity index (χ4v) is 2.40. The number of hydrogen-bond donors (Lipinski definition) is 0. The fourth-order valence-electron chi connectivity index (χ4n) is 2.19. The second kappa shape index (κ2) is 6.21. The Hall–Kier alpha value is -1.96. The maximum absolute atomic E-state index is 12.1. The zero-order valence-electron chi connectivity index (χ0n) is 11.2. The summed E-state index contributed by atoms with van der Waals surface area (Å²) in [6.45, 7) is 1.50. The average Bonchev–Trinajstić information content (AvgIpc) is 3.13. The molecular formula is C13H14BrN5O2. The van der Waals surface area contributed by atoms with Gasteiger partial charge in [-0.3, -0.25) is 9.48 Å². The van der Waals surface area contributed by atoms with E-state index in [1.165, 1.54) is 0 Å². The van der Waals surface area contributed by atoms with Crippen LogP contribution in [0, 0.1) is 0 Å². The number of likely N-dealkylation sites (tertiary alicyclic amines) is 1. The number of ether oxygens (including phenoxy) is 1. The number of carbonyl (C=O) groups excluding carboxylic acids is 1. The van der Waals surface area contributed by atoms with Crippen molar-refractivity contribution in [2.45, 2.75) is 19.1 Å². The molecule has 7 nitrogen and oxygen atoms in total. The summed E-state index contributed by atoms with van der Waals surface area (Å²) in [6, 6.07) is 2.14. The molecule has 1 aliphatic heterocycles. The molecule has 1 atom stereocenters. The van der Waals surface area contributed by atoms with Gasteiger partial charge in [0.15, 0.2) is 0 Å². The van der Waals surface area contributed by atoms with E-state index in [1.807, 2.05) is 0 Å². The van der Waals surface area contributed by atoms with Gasteiger partial charge in [-0.15, -0.1) is 0 Å². The van der Waals surface area contributed by atoms with E-state index in [9.17, 15) is 4.79 Å². The van der Waals surface area contributed by atoms with E-state index >= 15 is 0 Å². The number of halogens is 1. The topological polar surface area (TPSA) is 73.1 Å². The van der Waals surface area contributed by atoms with Gasteiger partial charge < -0.3 is 9.64 Å². The van der Waals surface area contributed by atoms with Crippen LogP contribution in [0.2, 0.25) is 0 Å². The van der Waals surface area contributed by atoms with Crippen LogP contribution in [0.5, 0.6) is 6.01 Å². The van der Waals surface area contributed by atoms with Crippen molar-refractivity contribution in [1.82, 2.24) is 24.6 Å². The SMILES string of the molecule is O=C(Cn1cccn1)N1CCC(Oc2ncc(Br)cn2)C1. The lowest BCUT2D eigenvalue weighted by molar-refractivity contribution is -0.131. The molecule has 3 heterocycles. The molecule has 0 bridgehead atoms. The van der Waals surface area contributed by atoms with E-state index in [0.29, 0.717) is 19.1 Å². The molecule has 1 fully saturated rings. The zero-order chi connectivity index (χ0) is 14.7. The van der Waals surface area contributed by atoms with Crippen LogP contribution in [-0.4, -0.2) is 49.7 Å². The first-order valence-corrected chi connectivity index (χ1v) is 7.39. The molecule has 2 aromatic heterocycles. The maximum atomic E-state index is 12.1. The number of carbonyl (C=O) groups is 1. The van der Waals surface area contributed by atoms with Gasteiger partial charge in [-0.1, -0.05) is 0 Å². The molecule has 0 aliphatic carbocycles. The lowest BCUT2D eigenvalue weighted by Crippen LogP contribution is -2.33. The van der Waals surface area contributed by atoms with Crippen LogP contribution in [0.4, 0.5) is 0 Å². The predicted octanol–water partition coefficient (Wildman–Crippen LogP) is 1.12. The standard InChI is InChI=1S/C13H14BrN5O2/c14-10-6-15-13(16-7-10)21-11-2-5-18(8-11)12(20)9-19-4-1-3-17-19/h1,3-4,6-7,11H,2,5,8-9H2. The summed E-state index contributed by atoms with van der Waals surface area (Å²) >= 11 is 3.27. The van der Waals surface area contributed by atoms with Crippen molar-refractivity contribution < 1.29 is 9.53 Å². The second-order valence-electron chi connectivity index (χ2n) is 4.76. The molecule has 1 amide bonds. The average molecular weight is 352 g/mol. The van der Waals surface area contributed by atoms with Crippen LogP contribution in [0.15, 0.2) is 35.3 Å². The third kappa shape index (κ3) is 3.57. The zero-order valence-corrected chi connectivity index (χ0v) is 12.8. The number of aromatic nitrogens is 4. The van der Waals surface area contributed by atoms with E-state index < -0.39 is 0 Å². The second-order valence-corrected chi connectivity index (χ2v) is 5.67. The summed E-state index contributed by atoms with van der Waals surface area (Å²) in [4.78, 5) is 22.1. The number of nitrogens with zero attached hydrogens (tertiary/aromatic N) is 5. The van der Waals surface area contributed by atoms with E-state index in [4.69, 9.17) is 4.74 Å². The minimum absolute atomic E-state index is 0.0431. The van der Waals surface area contributed by atoms with Gasteiger partial charge in [0, 0.05) is 37.8 Å². The highest BCUT2D eigenvalue weighted by atomic mass is 79.9. The third-order valence-corrected chi connectivity index (χ3v) is 3.63. The van der Waals surface area contributed by atoms with Crippen molar-refractivity contribution >= 4 is 21.8 Å². The van der Waals surface area contributed by atoms with Crippen molar-refractivity contribution in [1.29, 1.82) is 0 Å². The molecule has 8 heteroatoms. The normalized spacial score (nSPS) is 18.0. The van der Waals surface area contributed by atoms with Crippen LogP contribution in [0.1, 0.15) is 6.42 Å². The van der Waals surface area contributed by atoms with Crippen LogP contribution < -0.4 is 4.74 Å². The van der Waals surface area contributed by atoms with Crippen LogP contribution >= 0.6 is 15.9 Å². The Labute approximate surface area is 130 Å². The van der Waals surface area contributed by atoms with Crippen molar-refractivity contribution in [2.75, 3.05) is 13.1 Å². The number of amides is 1. The molecule has 0 aromatic carbocycles. The summed E-state index contributed by atoms with van der Waals surface area (Å²) in [6.07, 6.45) is 7.43. The molecule has 0 N–H and O–H groups in total. The summed E-state index contributed by atoms with van der Waals surface area (Å²) in [5.74, 6) is 0.0431. The molecule has 0 saturated carbocycles. The van der Waals surface area contributed by atoms with Crippen molar-refractivity contribution in [2.24, 2.45) is 0 Å². The van der Waals surface area contributed by atoms with E-state index in [0.717, 1.165) is 10.9 Å². The molecule has 3 rings (SSSR count). The van der Waals surface area contributed by atoms with Gasteiger partial charge in [-0.25, -0.2) is 9.97 Å². The largest absolute Gasteiger partial charge is 0.458 e. The van der Waals surface area contributed by atoms with Gasteiger partial charge in [0.05, 0.1) is 11.0 Å². The Kier molecular flexibility index (Phi) is 4.14. The lowest BCUT2D eigenvalue weighted by atomic mass is 10.3. The van der Waals surface area contributed by atoms with E-state index in [1.54, 1.807) is 40.4 Å². The van der Waals surface area contributed by atoms with Gasteiger partial charge in [-0.05, 0) is 22.0 Å². The highest BCUT2D eigenvalue weighted by Gasteiger charge is 2.28. The van der Waals surface area contributed by atoms with Crippen LogP contribution in [0.3, 0.4) is 0 Å². The third-order valence-electron chi connectivity index (χ3n) is 3.22. The quantitative estimate of drug-likeness (QED) is 0.825. The van der Waals surface area contributed by atoms with Gasteiger partial charge in [0.1, 0.15) is 12.6 Å². The minimum atomic E-state index is -0.0623. The van der Waals surface area contributed by atoms with E-state index in [-0.39, 0.29) is 18.6 Å². The molecule has 1 unspecified atom stereocenters. The molecule has 1 saturated heterocycles. The molecule has 2 aromatic rings. The highest BCUT2D eigenvalue weighted by molar-refractivity contribution is 9.10. The Morgan fingerprint density at radius 2 is 2.24 bits per heavy atom. The monoisotopic (exact) mass is 351 g/mol. The van der Waals surface area contributed by atoms with Crippen LogP contribution in [-0.2, 0) is 11.3 Å². The molecule has 21 heavy (non-hydrogen) atoms. The Bertz CT molecular complexity index is 602. The first-order valence-electron chi connectivity index (χ1n) is 6.60. The van der Waals surface area contributed by atoms with Gasteiger partial charge in [0.25, 0.3) is 0 Å². The summed E-state index contributed by atoms with van der Waals surface area (Å²) in [5, 5.41) is 4.04. The molecule has 0 radical (unpaired) electrons. The molecular weight excluding hydrogens is 338 g/mol. The molecule has 1 aliphatic rings.